The lowest BCUT2D eigenvalue weighted by Gasteiger charge is -2.43. The van der Waals surface area contributed by atoms with E-state index in [0.29, 0.717) is 17.4 Å². The minimum absolute atomic E-state index is 0.0565. The third kappa shape index (κ3) is 7.72. The zero-order valence-corrected chi connectivity index (χ0v) is 22.9. The van der Waals surface area contributed by atoms with E-state index >= 15 is 0 Å². The maximum Gasteiger partial charge on any atom is 0.138 e. The normalized spacial score (nSPS) is 21.8. The average molecular weight is 505 g/mol. The number of rotatable bonds is 8. The number of methoxy groups -OCH3 is 1. The number of nitrogens with zero attached hydrogens (tertiary/aromatic N) is 2. The highest BCUT2D eigenvalue weighted by Crippen LogP contribution is 2.42. The number of halogens is 1. The number of benzene rings is 1. The van der Waals surface area contributed by atoms with E-state index in [0.717, 1.165) is 88.1 Å². The summed E-state index contributed by atoms with van der Waals surface area (Å²) in [4.78, 5) is 4.88. The van der Waals surface area contributed by atoms with E-state index < -0.39 is 5.60 Å². The van der Waals surface area contributed by atoms with Crippen LogP contribution in [0.15, 0.2) is 41.7 Å². The Labute approximate surface area is 217 Å². The Morgan fingerprint density at radius 2 is 1.80 bits per heavy atom. The van der Waals surface area contributed by atoms with Crippen molar-refractivity contribution in [3.05, 3.63) is 52.3 Å². The molecule has 0 amide bonds. The van der Waals surface area contributed by atoms with Gasteiger partial charge in [0, 0.05) is 45.1 Å². The first kappa shape index (κ1) is 28.0. The lowest BCUT2D eigenvalue weighted by atomic mass is 9.72. The van der Waals surface area contributed by atoms with Gasteiger partial charge < -0.3 is 24.4 Å². The van der Waals surface area contributed by atoms with Crippen molar-refractivity contribution in [2.45, 2.75) is 70.3 Å². The fourth-order valence-electron chi connectivity index (χ4n) is 5.40. The Morgan fingerprint density at radius 3 is 2.46 bits per heavy atom. The van der Waals surface area contributed by atoms with Crippen molar-refractivity contribution in [1.29, 1.82) is 0 Å². The summed E-state index contributed by atoms with van der Waals surface area (Å²) in [7, 11) is 3.89. The van der Waals surface area contributed by atoms with Crippen molar-refractivity contribution in [3.63, 3.8) is 0 Å². The van der Waals surface area contributed by atoms with Crippen molar-refractivity contribution < 1.29 is 14.6 Å². The summed E-state index contributed by atoms with van der Waals surface area (Å²) in [6.45, 7) is 9.59. The van der Waals surface area contributed by atoms with Gasteiger partial charge in [0.25, 0.3) is 0 Å². The van der Waals surface area contributed by atoms with E-state index in [4.69, 9.17) is 21.1 Å². The largest absolute Gasteiger partial charge is 0.501 e. The van der Waals surface area contributed by atoms with Gasteiger partial charge in [0.15, 0.2) is 0 Å². The fourth-order valence-corrected chi connectivity index (χ4v) is 5.64. The molecule has 2 fully saturated rings. The monoisotopic (exact) mass is 504 g/mol. The smallest absolute Gasteiger partial charge is 0.138 e. The molecule has 3 aliphatic rings. The van der Waals surface area contributed by atoms with Gasteiger partial charge in [-0.1, -0.05) is 56.9 Å². The maximum atomic E-state index is 11.7. The van der Waals surface area contributed by atoms with Crippen LogP contribution in [0.2, 0.25) is 5.02 Å². The van der Waals surface area contributed by atoms with Gasteiger partial charge in [-0.3, -0.25) is 0 Å². The second kappa shape index (κ2) is 13.7. The highest BCUT2D eigenvalue weighted by Gasteiger charge is 2.40. The zero-order chi connectivity index (χ0) is 25.3. The van der Waals surface area contributed by atoms with Crippen LogP contribution in [0, 0.1) is 0 Å². The van der Waals surface area contributed by atoms with Crippen LogP contribution in [-0.2, 0) is 4.74 Å². The third-order valence-corrected chi connectivity index (χ3v) is 7.86. The second-order valence-corrected chi connectivity index (χ2v) is 10.3. The topological polar surface area (TPSA) is 45.2 Å². The Balaban J connectivity index is 0.00000167. The molecule has 0 radical (unpaired) electrons. The molecule has 0 aromatic heterocycles. The molecule has 6 heteroatoms. The van der Waals surface area contributed by atoms with Gasteiger partial charge in [0.05, 0.1) is 23.5 Å². The van der Waals surface area contributed by atoms with E-state index in [-0.39, 0.29) is 5.92 Å². The van der Waals surface area contributed by atoms with Crippen LogP contribution in [0.1, 0.15) is 70.3 Å². The minimum atomic E-state index is -0.665. The van der Waals surface area contributed by atoms with Crippen LogP contribution in [0.25, 0.3) is 0 Å². The van der Waals surface area contributed by atoms with Crippen LogP contribution >= 0.6 is 11.6 Å². The summed E-state index contributed by atoms with van der Waals surface area (Å²) in [6, 6.07) is 6.11. The van der Waals surface area contributed by atoms with Crippen LogP contribution in [0.3, 0.4) is 0 Å². The number of likely N-dealkylation sites (N-methyl/N-ethyl adjacent to an activating group) is 1. The van der Waals surface area contributed by atoms with Crippen molar-refractivity contribution in [1.82, 2.24) is 9.80 Å². The van der Waals surface area contributed by atoms with Crippen LogP contribution in [-0.4, -0.2) is 74.0 Å². The first-order chi connectivity index (χ1) is 17.0. The zero-order valence-electron chi connectivity index (χ0n) is 22.2. The van der Waals surface area contributed by atoms with Crippen molar-refractivity contribution >= 4 is 11.6 Å². The lowest BCUT2D eigenvalue weighted by Crippen LogP contribution is -2.50. The van der Waals surface area contributed by atoms with Crippen LogP contribution in [0.5, 0.6) is 5.75 Å². The number of ether oxygens (including phenoxy) is 2. The van der Waals surface area contributed by atoms with E-state index in [1.54, 1.807) is 7.11 Å². The molecule has 2 aliphatic carbocycles. The summed E-state index contributed by atoms with van der Waals surface area (Å²) < 4.78 is 11.4. The molecule has 1 aliphatic heterocycles. The number of piperazine rings is 1. The molecule has 196 valence electrons. The molecule has 5 nitrogen and oxygen atoms in total. The molecular formula is C29H45ClN2O3. The van der Waals surface area contributed by atoms with Crippen LogP contribution in [0.4, 0.5) is 0 Å². The Kier molecular flexibility index (Phi) is 11.0. The third-order valence-electron chi connectivity index (χ3n) is 7.56. The molecule has 1 saturated heterocycles. The molecule has 1 unspecified atom stereocenters. The highest BCUT2D eigenvalue weighted by molar-refractivity contribution is 6.32. The molecule has 1 aromatic rings. The molecule has 1 N–H and O–H groups in total. The van der Waals surface area contributed by atoms with Crippen molar-refractivity contribution in [2.24, 2.45) is 0 Å². The summed E-state index contributed by atoms with van der Waals surface area (Å²) in [5.74, 6) is 1.74. The molecule has 35 heavy (non-hydrogen) atoms. The Hall–Kier alpha value is -1.53. The first-order valence-electron chi connectivity index (χ1n) is 13.5. The summed E-state index contributed by atoms with van der Waals surface area (Å²) >= 11 is 6.71. The van der Waals surface area contributed by atoms with E-state index in [2.05, 4.69) is 35.1 Å². The summed E-state index contributed by atoms with van der Waals surface area (Å²) in [5, 5.41) is 12.3. The van der Waals surface area contributed by atoms with Crippen molar-refractivity contribution in [2.75, 3.05) is 53.5 Å². The Bertz CT molecular complexity index is 855. The molecule has 1 atom stereocenters. The molecule has 0 bridgehead atoms. The van der Waals surface area contributed by atoms with Gasteiger partial charge in [-0.25, -0.2) is 0 Å². The Morgan fingerprint density at radius 1 is 1.09 bits per heavy atom. The number of allylic oxidation sites excluding steroid dienone is 2. The number of hydrogen-bond acceptors (Lipinski definition) is 5. The molecule has 1 aromatic carbocycles. The molecule has 4 rings (SSSR count). The fraction of sp³-hybridized carbons (Fsp3) is 0.655. The maximum absolute atomic E-state index is 11.7. The highest BCUT2D eigenvalue weighted by atomic mass is 35.5. The van der Waals surface area contributed by atoms with Gasteiger partial charge in [0.2, 0.25) is 0 Å². The molecular weight excluding hydrogens is 460 g/mol. The van der Waals surface area contributed by atoms with E-state index in [1.807, 2.05) is 26.0 Å². The lowest BCUT2D eigenvalue weighted by molar-refractivity contribution is -0.0337. The molecule has 1 heterocycles. The standard InChI is InChI=1S/C27H39ClN2O3.C2H6/c1-29-13-15-30(16-14-29)19-24(27(31)11-4-3-5-12-27)22-9-10-26(25(28)18-22)33-20-21-7-6-8-23(17-21)32-2;1-2/h7,9-10,17-18,24,31H,3-6,8,11-16,19-20H2,1-2H3;1-2H3. The number of aliphatic hydroxyl groups is 1. The average Bonchev–Trinajstić information content (AvgIpc) is 2.89. The summed E-state index contributed by atoms with van der Waals surface area (Å²) in [5.41, 5.74) is 1.57. The molecule has 1 saturated carbocycles. The quantitative estimate of drug-likeness (QED) is 0.469. The van der Waals surface area contributed by atoms with Gasteiger partial charge >= 0.3 is 0 Å². The van der Waals surface area contributed by atoms with Crippen molar-refractivity contribution in [3.8, 4) is 5.75 Å². The predicted octanol–water partition coefficient (Wildman–Crippen LogP) is 6.02. The minimum Gasteiger partial charge on any atom is -0.501 e. The van der Waals surface area contributed by atoms with E-state index in [9.17, 15) is 5.11 Å². The van der Waals surface area contributed by atoms with Gasteiger partial charge in [-0.2, -0.15) is 0 Å². The summed E-state index contributed by atoms with van der Waals surface area (Å²) in [6.07, 6.45) is 11.3. The first-order valence-corrected chi connectivity index (χ1v) is 13.8. The van der Waals surface area contributed by atoms with Gasteiger partial charge in [-0.15, -0.1) is 0 Å². The second-order valence-electron chi connectivity index (χ2n) is 9.93. The van der Waals surface area contributed by atoms with Crippen LogP contribution < -0.4 is 4.74 Å². The van der Waals surface area contributed by atoms with E-state index in [1.165, 1.54) is 6.42 Å². The predicted molar refractivity (Wildman–Crippen MR) is 145 cm³/mol. The SMILES string of the molecule is CC.COC1=CC(COc2ccc(C(CN3CCN(C)CC3)C3(O)CCCCC3)cc2Cl)=CCC1. The van der Waals surface area contributed by atoms with Gasteiger partial charge in [-0.05, 0) is 55.7 Å². The number of hydrogen-bond donors (Lipinski definition) is 1. The molecule has 0 spiro atoms. The van der Waals surface area contributed by atoms with Gasteiger partial charge in [0.1, 0.15) is 12.4 Å².